The summed E-state index contributed by atoms with van der Waals surface area (Å²) in [5.74, 6) is -0.369. The van der Waals surface area contributed by atoms with Gasteiger partial charge in [0.1, 0.15) is 0 Å². The van der Waals surface area contributed by atoms with Crippen molar-refractivity contribution in [1.29, 1.82) is 0 Å². The van der Waals surface area contributed by atoms with Crippen molar-refractivity contribution < 1.29 is 9.53 Å². The van der Waals surface area contributed by atoms with Gasteiger partial charge in [-0.25, -0.2) is 4.79 Å². The maximum atomic E-state index is 11.0. The van der Waals surface area contributed by atoms with Gasteiger partial charge in [0.15, 0.2) is 5.70 Å². The molecule has 4 nitrogen and oxygen atoms in total. The highest BCUT2D eigenvalue weighted by molar-refractivity contribution is 5.89. The average molecular weight is 154 g/mol. The van der Waals surface area contributed by atoms with Gasteiger partial charge in [-0.05, 0) is 19.4 Å². The Kier molecular flexibility index (Phi) is 2.36. The van der Waals surface area contributed by atoms with E-state index in [9.17, 15) is 4.79 Å². The van der Waals surface area contributed by atoms with Crippen LogP contribution in [0.2, 0.25) is 0 Å². The van der Waals surface area contributed by atoms with Gasteiger partial charge >= 0.3 is 5.97 Å². The van der Waals surface area contributed by atoms with Crippen LogP contribution in [-0.2, 0) is 9.53 Å². The van der Waals surface area contributed by atoms with E-state index in [0.717, 1.165) is 5.57 Å². The van der Waals surface area contributed by atoms with E-state index in [2.05, 4.69) is 10.2 Å². The molecule has 0 saturated heterocycles. The highest BCUT2D eigenvalue weighted by Crippen LogP contribution is 2.15. The number of hydrogen-bond donors (Lipinski definition) is 0. The van der Waals surface area contributed by atoms with Gasteiger partial charge in [0.05, 0.1) is 13.2 Å². The van der Waals surface area contributed by atoms with E-state index in [1.54, 1.807) is 6.92 Å². The van der Waals surface area contributed by atoms with Crippen LogP contribution in [0.4, 0.5) is 0 Å². The van der Waals surface area contributed by atoms with Crippen LogP contribution >= 0.6 is 0 Å². The molecular weight excluding hydrogens is 144 g/mol. The minimum absolute atomic E-state index is 0.367. The monoisotopic (exact) mass is 154 g/mol. The Morgan fingerprint density at radius 1 is 1.73 bits per heavy atom. The average Bonchev–Trinajstić information content (AvgIpc) is 2.36. The first-order valence-corrected chi connectivity index (χ1v) is 3.50. The smallest absolute Gasteiger partial charge is 0.358 e. The quantitative estimate of drug-likeness (QED) is 0.562. The molecule has 11 heavy (non-hydrogen) atoms. The van der Waals surface area contributed by atoms with Crippen molar-refractivity contribution in [3.05, 3.63) is 11.3 Å². The second kappa shape index (κ2) is 3.27. The van der Waals surface area contributed by atoms with E-state index in [-0.39, 0.29) is 5.97 Å². The van der Waals surface area contributed by atoms with Crippen molar-refractivity contribution in [1.82, 2.24) is 0 Å². The number of rotatable bonds is 2. The lowest BCUT2D eigenvalue weighted by atomic mass is 10.2. The number of carbonyl (C=O) groups is 1. The molecule has 0 aromatic carbocycles. The molecule has 0 radical (unpaired) electrons. The van der Waals surface area contributed by atoms with Gasteiger partial charge in [0.2, 0.25) is 0 Å². The third-order valence-corrected chi connectivity index (χ3v) is 1.35. The molecule has 0 bridgehead atoms. The van der Waals surface area contributed by atoms with Crippen molar-refractivity contribution in [3.63, 3.8) is 0 Å². The Balaban J connectivity index is 2.66. The highest BCUT2D eigenvalue weighted by atomic mass is 16.5. The van der Waals surface area contributed by atoms with E-state index in [1.165, 1.54) is 0 Å². The van der Waals surface area contributed by atoms with Crippen LogP contribution in [0.5, 0.6) is 0 Å². The maximum absolute atomic E-state index is 11.0. The van der Waals surface area contributed by atoms with Gasteiger partial charge in [-0.3, -0.25) is 0 Å². The van der Waals surface area contributed by atoms with Crippen molar-refractivity contribution >= 4 is 5.97 Å². The summed E-state index contributed by atoms with van der Waals surface area (Å²) in [6.07, 6.45) is 0. The lowest BCUT2D eigenvalue weighted by Crippen LogP contribution is -2.06. The maximum Gasteiger partial charge on any atom is 0.358 e. The number of ether oxygens (including phenoxy) is 1. The first-order valence-electron chi connectivity index (χ1n) is 3.50. The standard InChI is InChI=1S/C7H10N2O2/c1-3-11-7(10)6-5(2)4-8-9-6/h3-4H2,1-2H3. The summed E-state index contributed by atoms with van der Waals surface area (Å²) in [4.78, 5) is 11.0. The predicted octanol–water partition coefficient (Wildman–Crippen LogP) is 1.29. The summed E-state index contributed by atoms with van der Waals surface area (Å²) >= 11 is 0. The van der Waals surface area contributed by atoms with E-state index in [1.807, 2.05) is 6.92 Å². The van der Waals surface area contributed by atoms with Crippen molar-refractivity contribution in [2.45, 2.75) is 13.8 Å². The van der Waals surface area contributed by atoms with Gasteiger partial charge in [-0.2, -0.15) is 5.11 Å². The van der Waals surface area contributed by atoms with Gasteiger partial charge in [0.25, 0.3) is 0 Å². The molecule has 0 unspecified atom stereocenters. The molecule has 0 saturated carbocycles. The molecule has 0 aliphatic carbocycles. The number of esters is 1. The molecule has 1 aliphatic heterocycles. The first-order chi connectivity index (χ1) is 5.25. The third kappa shape index (κ3) is 1.63. The number of carbonyl (C=O) groups excluding carboxylic acids is 1. The molecule has 0 fully saturated rings. The Hall–Kier alpha value is -1.19. The summed E-state index contributed by atoms with van der Waals surface area (Å²) in [7, 11) is 0. The summed E-state index contributed by atoms with van der Waals surface area (Å²) in [6.45, 7) is 4.49. The topological polar surface area (TPSA) is 51.0 Å². The van der Waals surface area contributed by atoms with Gasteiger partial charge in [-0.1, -0.05) is 0 Å². The molecule has 1 rings (SSSR count). The third-order valence-electron chi connectivity index (χ3n) is 1.35. The number of nitrogens with zero attached hydrogens (tertiary/aromatic N) is 2. The molecular formula is C7H10N2O2. The van der Waals surface area contributed by atoms with Crippen LogP contribution < -0.4 is 0 Å². The summed E-state index contributed by atoms with van der Waals surface area (Å²) in [6, 6.07) is 0. The Labute approximate surface area is 65.0 Å². The van der Waals surface area contributed by atoms with Crippen molar-refractivity contribution in [2.75, 3.05) is 13.2 Å². The van der Waals surface area contributed by atoms with Crippen LogP contribution in [0.3, 0.4) is 0 Å². The fourth-order valence-electron chi connectivity index (χ4n) is 0.787. The molecule has 1 heterocycles. The number of hydrogen-bond acceptors (Lipinski definition) is 4. The second-order valence-electron chi connectivity index (χ2n) is 2.25. The van der Waals surface area contributed by atoms with Crippen LogP contribution in [0.1, 0.15) is 13.8 Å². The van der Waals surface area contributed by atoms with E-state index in [4.69, 9.17) is 4.74 Å². The van der Waals surface area contributed by atoms with E-state index >= 15 is 0 Å². The molecule has 0 N–H and O–H groups in total. The highest BCUT2D eigenvalue weighted by Gasteiger charge is 2.16. The zero-order valence-electron chi connectivity index (χ0n) is 6.63. The van der Waals surface area contributed by atoms with Crippen molar-refractivity contribution in [2.24, 2.45) is 10.2 Å². The van der Waals surface area contributed by atoms with Gasteiger partial charge < -0.3 is 4.74 Å². The minimum atomic E-state index is -0.369. The summed E-state index contributed by atoms with van der Waals surface area (Å²) < 4.78 is 4.75. The molecule has 0 aromatic rings. The zero-order valence-corrected chi connectivity index (χ0v) is 6.63. The lowest BCUT2D eigenvalue weighted by molar-refractivity contribution is -0.138. The van der Waals surface area contributed by atoms with Gasteiger partial charge in [-0.15, -0.1) is 5.11 Å². The van der Waals surface area contributed by atoms with Crippen LogP contribution in [-0.4, -0.2) is 19.1 Å². The zero-order chi connectivity index (χ0) is 8.27. The minimum Gasteiger partial charge on any atom is -0.461 e. The molecule has 0 spiro atoms. The Morgan fingerprint density at radius 3 is 2.91 bits per heavy atom. The predicted molar refractivity (Wildman–Crippen MR) is 39.1 cm³/mol. The Morgan fingerprint density at radius 2 is 2.45 bits per heavy atom. The summed E-state index contributed by atoms with van der Waals surface area (Å²) in [5, 5.41) is 7.36. The first kappa shape index (κ1) is 7.91. The summed E-state index contributed by atoms with van der Waals surface area (Å²) in [5.41, 5.74) is 1.25. The fraction of sp³-hybridized carbons (Fsp3) is 0.571. The van der Waals surface area contributed by atoms with Crippen LogP contribution in [0.15, 0.2) is 21.5 Å². The second-order valence-corrected chi connectivity index (χ2v) is 2.25. The molecule has 0 amide bonds. The number of azo groups is 1. The van der Waals surface area contributed by atoms with Crippen LogP contribution in [0, 0.1) is 0 Å². The molecule has 0 aromatic heterocycles. The SMILES string of the molecule is CCOC(=O)C1=C(C)CN=N1. The Bertz CT molecular complexity index is 231. The molecule has 4 heteroatoms. The van der Waals surface area contributed by atoms with E-state index in [0.29, 0.717) is 18.8 Å². The molecule has 1 aliphatic rings. The molecule has 60 valence electrons. The lowest BCUT2D eigenvalue weighted by Gasteiger charge is -1.98. The van der Waals surface area contributed by atoms with Gasteiger partial charge in [0, 0.05) is 0 Å². The normalized spacial score (nSPS) is 15.8. The van der Waals surface area contributed by atoms with Crippen molar-refractivity contribution in [3.8, 4) is 0 Å². The largest absolute Gasteiger partial charge is 0.461 e. The van der Waals surface area contributed by atoms with E-state index < -0.39 is 0 Å². The fourth-order valence-corrected chi connectivity index (χ4v) is 0.787. The van der Waals surface area contributed by atoms with Crippen LogP contribution in [0.25, 0.3) is 0 Å². The molecule has 0 atom stereocenters.